The van der Waals surface area contributed by atoms with Gasteiger partial charge in [0.2, 0.25) is 0 Å². The first-order chi connectivity index (χ1) is 19.2. The third kappa shape index (κ3) is 5.66. The van der Waals surface area contributed by atoms with Gasteiger partial charge in [0.25, 0.3) is 11.5 Å². The van der Waals surface area contributed by atoms with Crippen LogP contribution < -0.4 is 29.7 Å². The van der Waals surface area contributed by atoms with Crippen LogP contribution in [-0.4, -0.2) is 23.7 Å². The highest BCUT2D eigenvalue weighted by atomic mass is 79.9. The fourth-order valence-electron chi connectivity index (χ4n) is 4.57. The molecule has 0 aliphatic carbocycles. The van der Waals surface area contributed by atoms with Crippen LogP contribution in [0.1, 0.15) is 37.9 Å². The van der Waals surface area contributed by atoms with Crippen molar-refractivity contribution in [2.75, 3.05) is 12.4 Å². The molecule has 1 atom stereocenters. The second kappa shape index (κ2) is 11.7. The summed E-state index contributed by atoms with van der Waals surface area (Å²) < 4.78 is 14.3. The van der Waals surface area contributed by atoms with Crippen molar-refractivity contribution in [2.45, 2.75) is 32.9 Å². The fourth-order valence-corrected chi connectivity index (χ4v) is 5.98. The van der Waals surface area contributed by atoms with E-state index >= 15 is 0 Å². The van der Waals surface area contributed by atoms with Crippen molar-refractivity contribution >= 4 is 44.9 Å². The van der Waals surface area contributed by atoms with E-state index in [-0.39, 0.29) is 17.6 Å². The van der Waals surface area contributed by atoms with Gasteiger partial charge in [-0.05, 0) is 74.9 Å². The van der Waals surface area contributed by atoms with Crippen LogP contribution in [-0.2, 0) is 4.79 Å². The van der Waals surface area contributed by atoms with E-state index in [0.29, 0.717) is 37.8 Å². The molecule has 1 aromatic heterocycles. The smallest absolute Gasteiger partial charge is 0.271 e. The van der Waals surface area contributed by atoms with Gasteiger partial charge < -0.3 is 14.8 Å². The maximum absolute atomic E-state index is 14.0. The molecule has 3 aromatic carbocycles. The first-order valence-electron chi connectivity index (χ1n) is 12.7. The number of methoxy groups -OCH3 is 1. The monoisotopic (exact) mass is 617 g/mol. The summed E-state index contributed by atoms with van der Waals surface area (Å²) in [5, 5.41) is 2.97. The summed E-state index contributed by atoms with van der Waals surface area (Å²) in [7, 11) is 1.60. The van der Waals surface area contributed by atoms with Crippen LogP contribution in [0.5, 0.6) is 11.5 Å². The topological polar surface area (TPSA) is 81.9 Å². The Kier molecular flexibility index (Phi) is 8.04. The maximum Gasteiger partial charge on any atom is 0.271 e. The number of halogens is 1. The number of hydrogen-bond donors (Lipinski definition) is 1. The van der Waals surface area contributed by atoms with Crippen molar-refractivity contribution in [1.29, 1.82) is 0 Å². The highest BCUT2D eigenvalue weighted by Crippen LogP contribution is 2.32. The van der Waals surface area contributed by atoms with Gasteiger partial charge in [0.1, 0.15) is 11.5 Å². The molecule has 5 rings (SSSR count). The number of fused-ring (bicyclic) bond motifs is 1. The van der Waals surface area contributed by atoms with Gasteiger partial charge >= 0.3 is 0 Å². The number of rotatable bonds is 7. The van der Waals surface area contributed by atoms with E-state index in [0.717, 1.165) is 15.6 Å². The lowest BCUT2D eigenvalue weighted by molar-refractivity contribution is -0.113. The Labute approximate surface area is 244 Å². The second-order valence-electron chi connectivity index (χ2n) is 9.52. The minimum Gasteiger partial charge on any atom is -0.497 e. The largest absolute Gasteiger partial charge is 0.497 e. The summed E-state index contributed by atoms with van der Waals surface area (Å²) in [6.07, 6.45) is 1.79. The predicted octanol–water partition coefficient (Wildman–Crippen LogP) is 5.43. The molecule has 0 unspecified atom stereocenters. The van der Waals surface area contributed by atoms with Gasteiger partial charge in [-0.25, -0.2) is 4.99 Å². The van der Waals surface area contributed by atoms with Crippen LogP contribution in [0.15, 0.2) is 98.3 Å². The average molecular weight is 619 g/mol. The molecule has 1 aliphatic heterocycles. The number of anilines is 1. The molecule has 1 aliphatic rings. The Morgan fingerprint density at radius 1 is 1.10 bits per heavy atom. The van der Waals surface area contributed by atoms with Crippen molar-refractivity contribution in [3.8, 4) is 11.5 Å². The van der Waals surface area contributed by atoms with E-state index in [2.05, 4.69) is 21.2 Å². The Hall–Kier alpha value is -3.95. The summed E-state index contributed by atoms with van der Waals surface area (Å²) in [6, 6.07) is 21.6. The average Bonchev–Trinajstić information content (AvgIpc) is 3.23. The lowest BCUT2D eigenvalue weighted by Gasteiger charge is -2.25. The summed E-state index contributed by atoms with van der Waals surface area (Å²) in [5.41, 5.74) is 2.91. The first kappa shape index (κ1) is 27.6. The number of allylic oxidation sites excluding steroid dienone is 1. The van der Waals surface area contributed by atoms with E-state index in [9.17, 15) is 9.59 Å². The number of ether oxygens (including phenoxy) is 2. The van der Waals surface area contributed by atoms with E-state index < -0.39 is 6.04 Å². The fraction of sp³-hybridized carbons (Fsp3) is 0.194. The molecule has 0 spiro atoms. The Balaban J connectivity index is 1.68. The van der Waals surface area contributed by atoms with Gasteiger partial charge in [-0.15, -0.1) is 0 Å². The number of aromatic nitrogens is 1. The molecule has 7 nitrogen and oxygen atoms in total. The van der Waals surface area contributed by atoms with Crippen LogP contribution in [0, 0.1) is 0 Å². The lowest BCUT2D eigenvalue weighted by atomic mass is 9.95. The highest BCUT2D eigenvalue weighted by Gasteiger charge is 2.32. The molecule has 40 heavy (non-hydrogen) atoms. The highest BCUT2D eigenvalue weighted by molar-refractivity contribution is 9.10. The predicted molar refractivity (Wildman–Crippen MR) is 162 cm³/mol. The molecule has 1 amide bonds. The molecule has 0 fully saturated rings. The molecular formula is C31H28BrN3O4S. The molecule has 2 heterocycles. The van der Waals surface area contributed by atoms with Crippen LogP contribution in [0.2, 0.25) is 0 Å². The van der Waals surface area contributed by atoms with Crippen LogP contribution in [0.4, 0.5) is 5.69 Å². The number of benzene rings is 3. The van der Waals surface area contributed by atoms with Crippen LogP contribution >= 0.6 is 27.3 Å². The number of nitrogens with one attached hydrogen (secondary N) is 1. The van der Waals surface area contributed by atoms with Crippen molar-refractivity contribution < 1.29 is 14.3 Å². The van der Waals surface area contributed by atoms with E-state index in [1.54, 1.807) is 18.6 Å². The zero-order chi connectivity index (χ0) is 28.4. The van der Waals surface area contributed by atoms with Crippen molar-refractivity contribution in [2.24, 2.45) is 4.99 Å². The van der Waals surface area contributed by atoms with E-state index in [1.807, 2.05) is 92.7 Å². The number of carbonyl (C=O) groups is 1. The SMILES string of the molecule is COc1ccc([C@@H]2C(C(=O)Nc3ccccc3)=C(C)N=c3s/c(=C\c4cc(Br)ccc4OC(C)C)c(=O)n32)cc1. The van der Waals surface area contributed by atoms with Gasteiger partial charge in [-0.3, -0.25) is 14.2 Å². The van der Waals surface area contributed by atoms with E-state index in [1.165, 1.54) is 11.3 Å². The maximum atomic E-state index is 14.0. The quantitative estimate of drug-likeness (QED) is 0.300. The third-order valence-corrected chi connectivity index (χ3v) is 7.83. The molecule has 204 valence electrons. The minimum atomic E-state index is -0.679. The Morgan fingerprint density at radius 3 is 2.50 bits per heavy atom. The second-order valence-corrected chi connectivity index (χ2v) is 11.4. The number of amides is 1. The summed E-state index contributed by atoms with van der Waals surface area (Å²) >= 11 is 4.81. The molecular weight excluding hydrogens is 590 g/mol. The van der Waals surface area contributed by atoms with Gasteiger partial charge in [0, 0.05) is 15.7 Å². The third-order valence-electron chi connectivity index (χ3n) is 6.35. The Bertz CT molecular complexity index is 1770. The van der Waals surface area contributed by atoms with Gasteiger partial charge in [0.15, 0.2) is 4.80 Å². The summed E-state index contributed by atoms with van der Waals surface area (Å²) in [5.74, 6) is 1.04. The Morgan fingerprint density at radius 2 is 1.82 bits per heavy atom. The molecule has 0 radical (unpaired) electrons. The number of thiazole rings is 1. The molecule has 1 N–H and O–H groups in total. The van der Waals surface area contributed by atoms with Crippen LogP contribution in [0.25, 0.3) is 6.08 Å². The number of nitrogens with zero attached hydrogens (tertiary/aromatic N) is 2. The normalized spacial score (nSPS) is 15.1. The van der Waals surface area contributed by atoms with Gasteiger partial charge in [-0.2, -0.15) is 0 Å². The lowest BCUT2D eigenvalue weighted by Crippen LogP contribution is -2.40. The zero-order valence-corrected chi connectivity index (χ0v) is 24.9. The molecule has 9 heteroatoms. The molecule has 0 saturated carbocycles. The minimum absolute atomic E-state index is 0.0297. The first-order valence-corrected chi connectivity index (χ1v) is 14.3. The van der Waals surface area contributed by atoms with Crippen molar-refractivity contribution in [3.63, 3.8) is 0 Å². The number of hydrogen-bond acceptors (Lipinski definition) is 6. The molecule has 0 saturated heterocycles. The zero-order valence-electron chi connectivity index (χ0n) is 22.5. The van der Waals surface area contributed by atoms with Crippen LogP contribution in [0.3, 0.4) is 0 Å². The summed E-state index contributed by atoms with van der Waals surface area (Å²) in [4.78, 5) is 33.0. The van der Waals surface area contributed by atoms with E-state index in [4.69, 9.17) is 14.5 Å². The van der Waals surface area contributed by atoms with Crippen molar-refractivity contribution in [3.05, 3.63) is 119 Å². The molecule has 0 bridgehead atoms. The summed E-state index contributed by atoms with van der Waals surface area (Å²) in [6.45, 7) is 5.72. The van der Waals surface area contributed by atoms with Crippen molar-refractivity contribution in [1.82, 2.24) is 4.57 Å². The number of para-hydroxylation sites is 1. The van der Waals surface area contributed by atoms with Gasteiger partial charge in [0.05, 0.1) is 35.1 Å². The van der Waals surface area contributed by atoms with Gasteiger partial charge in [-0.1, -0.05) is 57.6 Å². The molecule has 4 aromatic rings. The standard InChI is InChI=1S/C31H28BrN3O4S/c1-18(2)39-25-15-12-22(32)16-21(25)17-26-30(37)35-28(20-10-13-24(38-4)14-11-20)27(19(3)33-31(35)40-26)29(36)34-23-8-6-5-7-9-23/h5-18,28H,1-4H3,(H,34,36)/b26-17-/t28-/m1/s1. The number of carbonyl (C=O) groups excluding carboxylic acids is 1.